The van der Waals surface area contributed by atoms with Gasteiger partial charge < -0.3 is 10.6 Å². The van der Waals surface area contributed by atoms with Crippen LogP contribution in [0.3, 0.4) is 0 Å². The van der Waals surface area contributed by atoms with E-state index in [-0.39, 0.29) is 6.04 Å². The number of pyridine rings is 1. The Kier molecular flexibility index (Phi) is 3.25. The molecule has 2 N–H and O–H groups in total. The summed E-state index contributed by atoms with van der Waals surface area (Å²) in [6.45, 7) is 3.20. The molecular formula is C15H23N3. The molecule has 0 radical (unpaired) electrons. The number of nitrogens with two attached hydrogens (primary N) is 1. The standard InChI is InChI=1S/C15H23N3/c1-11(16)13-7-3-9-17-15(13)18-10-4-6-12-5-2-8-14(12)18/h3,7,9,11-12,14H,2,4-6,8,10,16H2,1H3. The maximum atomic E-state index is 6.09. The fraction of sp³-hybridized carbons (Fsp3) is 0.667. The van der Waals surface area contributed by atoms with Crippen LogP contribution in [0.1, 0.15) is 50.6 Å². The van der Waals surface area contributed by atoms with Crippen molar-refractivity contribution >= 4 is 5.82 Å². The smallest absolute Gasteiger partial charge is 0.133 e. The van der Waals surface area contributed by atoms with Gasteiger partial charge in [0.15, 0.2) is 0 Å². The molecule has 1 saturated heterocycles. The van der Waals surface area contributed by atoms with E-state index < -0.39 is 0 Å². The van der Waals surface area contributed by atoms with Gasteiger partial charge in [0.05, 0.1) is 0 Å². The Bertz CT molecular complexity index is 416. The number of nitrogens with zero attached hydrogens (tertiary/aromatic N) is 2. The topological polar surface area (TPSA) is 42.1 Å². The third-order valence-electron chi connectivity index (χ3n) is 4.57. The lowest BCUT2D eigenvalue weighted by Gasteiger charge is -2.39. The van der Waals surface area contributed by atoms with E-state index in [2.05, 4.69) is 22.9 Å². The Morgan fingerprint density at radius 3 is 3.00 bits per heavy atom. The third-order valence-corrected chi connectivity index (χ3v) is 4.57. The summed E-state index contributed by atoms with van der Waals surface area (Å²) in [6, 6.07) is 4.91. The Hall–Kier alpha value is -1.09. The highest BCUT2D eigenvalue weighted by atomic mass is 15.2. The molecule has 1 aliphatic heterocycles. The van der Waals surface area contributed by atoms with Gasteiger partial charge in [-0.15, -0.1) is 0 Å². The molecule has 3 rings (SSSR count). The second-order valence-corrected chi connectivity index (χ2v) is 5.80. The van der Waals surface area contributed by atoms with Crippen LogP contribution in [0.15, 0.2) is 18.3 Å². The number of hydrogen-bond acceptors (Lipinski definition) is 3. The number of rotatable bonds is 2. The molecular weight excluding hydrogens is 222 g/mol. The van der Waals surface area contributed by atoms with Crippen molar-refractivity contribution in [3.8, 4) is 0 Å². The van der Waals surface area contributed by atoms with E-state index in [0.717, 1.165) is 18.3 Å². The highest BCUT2D eigenvalue weighted by molar-refractivity contribution is 5.50. The van der Waals surface area contributed by atoms with Gasteiger partial charge in [-0.25, -0.2) is 4.98 Å². The largest absolute Gasteiger partial charge is 0.353 e. The molecule has 3 atom stereocenters. The van der Waals surface area contributed by atoms with E-state index in [1.807, 2.05) is 12.3 Å². The molecule has 1 aromatic heterocycles. The molecule has 2 aliphatic rings. The van der Waals surface area contributed by atoms with Crippen LogP contribution in [0.4, 0.5) is 5.82 Å². The molecule has 2 fully saturated rings. The molecule has 98 valence electrons. The second kappa shape index (κ2) is 4.88. The summed E-state index contributed by atoms with van der Waals surface area (Å²) in [5.41, 5.74) is 7.29. The predicted octanol–water partition coefficient (Wildman–Crippen LogP) is 2.87. The van der Waals surface area contributed by atoms with Gasteiger partial charge in [-0.3, -0.25) is 0 Å². The normalized spacial score (nSPS) is 29.1. The minimum Gasteiger partial charge on any atom is -0.353 e. The zero-order valence-electron chi connectivity index (χ0n) is 11.2. The quantitative estimate of drug-likeness (QED) is 0.871. The molecule has 1 aliphatic carbocycles. The molecule has 1 aromatic rings. The average molecular weight is 245 g/mol. The van der Waals surface area contributed by atoms with Crippen molar-refractivity contribution in [2.45, 2.75) is 51.1 Å². The molecule has 0 spiro atoms. The highest BCUT2D eigenvalue weighted by Gasteiger charge is 2.36. The number of fused-ring (bicyclic) bond motifs is 1. The van der Waals surface area contributed by atoms with Crippen molar-refractivity contribution in [2.75, 3.05) is 11.4 Å². The average Bonchev–Trinajstić information content (AvgIpc) is 2.86. The fourth-order valence-corrected chi connectivity index (χ4v) is 3.72. The zero-order chi connectivity index (χ0) is 12.5. The molecule has 0 bridgehead atoms. The molecule has 3 heteroatoms. The summed E-state index contributed by atoms with van der Waals surface area (Å²) < 4.78 is 0. The monoisotopic (exact) mass is 245 g/mol. The molecule has 2 heterocycles. The van der Waals surface area contributed by atoms with Crippen LogP contribution in [-0.2, 0) is 0 Å². The number of aromatic nitrogens is 1. The Balaban J connectivity index is 1.93. The predicted molar refractivity (Wildman–Crippen MR) is 74.5 cm³/mol. The van der Waals surface area contributed by atoms with Crippen LogP contribution in [0.25, 0.3) is 0 Å². The van der Waals surface area contributed by atoms with E-state index in [1.54, 1.807) is 0 Å². The van der Waals surface area contributed by atoms with Gasteiger partial charge in [0, 0.05) is 30.4 Å². The van der Waals surface area contributed by atoms with Gasteiger partial charge in [-0.1, -0.05) is 12.5 Å². The summed E-state index contributed by atoms with van der Waals surface area (Å²) in [5, 5.41) is 0. The van der Waals surface area contributed by atoms with Gasteiger partial charge in [-0.2, -0.15) is 0 Å². The fourth-order valence-electron chi connectivity index (χ4n) is 3.72. The van der Waals surface area contributed by atoms with Crippen molar-refractivity contribution in [3.63, 3.8) is 0 Å². The first-order valence-electron chi connectivity index (χ1n) is 7.24. The van der Waals surface area contributed by atoms with Gasteiger partial charge >= 0.3 is 0 Å². The van der Waals surface area contributed by atoms with E-state index >= 15 is 0 Å². The lowest BCUT2D eigenvalue weighted by atomic mass is 9.91. The van der Waals surface area contributed by atoms with Crippen LogP contribution in [0, 0.1) is 5.92 Å². The molecule has 3 unspecified atom stereocenters. The van der Waals surface area contributed by atoms with Gasteiger partial charge in [0.2, 0.25) is 0 Å². The SMILES string of the molecule is CC(N)c1cccnc1N1CCCC2CCCC21. The van der Waals surface area contributed by atoms with Crippen molar-refractivity contribution in [3.05, 3.63) is 23.9 Å². The summed E-state index contributed by atoms with van der Waals surface area (Å²) in [5.74, 6) is 2.03. The highest BCUT2D eigenvalue weighted by Crippen LogP contribution is 2.39. The van der Waals surface area contributed by atoms with E-state index in [9.17, 15) is 0 Å². The van der Waals surface area contributed by atoms with Crippen molar-refractivity contribution < 1.29 is 0 Å². The summed E-state index contributed by atoms with van der Waals surface area (Å²) >= 11 is 0. The van der Waals surface area contributed by atoms with Crippen LogP contribution < -0.4 is 10.6 Å². The second-order valence-electron chi connectivity index (χ2n) is 5.80. The Morgan fingerprint density at radius 1 is 1.33 bits per heavy atom. The first-order chi connectivity index (χ1) is 8.77. The van der Waals surface area contributed by atoms with E-state index in [4.69, 9.17) is 5.73 Å². The zero-order valence-corrected chi connectivity index (χ0v) is 11.2. The van der Waals surface area contributed by atoms with Gasteiger partial charge in [0.1, 0.15) is 5.82 Å². The lowest BCUT2D eigenvalue weighted by Crippen LogP contribution is -2.43. The number of piperidine rings is 1. The third kappa shape index (κ3) is 2.01. The maximum Gasteiger partial charge on any atom is 0.133 e. The van der Waals surface area contributed by atoms with Crippen LogP contribution in [0.5, 0.6) is 0 Å². The first-order valence-corrected chi connectivity index (χ1v) is 7.24. The van der Waals surface area contributed by atoms with Crippen LogP contribution >= 0.6 is 0 Å². The molecule has 1 saturated carbocycles. The summed E-state index contributed by atoms with van der Waals surface area (Å²) in [7, 11) is 0. The summed E-state index contributed by atoms with van der Waals surface area (Å²) in [4.78, 5) is 7.17. The molecule has 0 amide bonds. The maximum absolute atomic E-state index is 6.09. The van der Waals surface area contributed by atoms with E-state index in [1.165, 1.54) is 37.7 Å². The van der Waals surface area contributed by atoms with Crippen molar-refractivity contribution in [1.82, 2.24) is 4.98 Å². The van der Waals surface area contributed by atoms with Crippen molar-refractivity contribution in [1.29, 1.82) is 0 Å². The minimum absolute atomic E-state index is 0.0653. The van der Waals surface area contributed by atoms with Gasteiger partial charge in [-0.05, 0) is 44.6 Å². The minimum atomic E-state index is 0.0653. The molecule has 3 nitrogen and oxygen atoms in total. The Morgan fingerprint density at radius 2 is 2.17 bits per heavy atom. The summed E-state index contributed by atoms with van der Waals surface area (Å²) in [6.07, 6.45) is 8.73. The number of anilines is 1. The van der Waals surface area contributed by atoms with Crippen LogP contribution in [0.2, 0.25) is 0 Å². The molecule has 0 aromatic carbocycles. The number of hydrogen-bond donors (Lipinski definition) is 1. The van der Waals surface area contributed by atoms with Crippen molar-refractivity contribution in [2.24, 2.45) is 11.7 Å². The first kappa shape index (κ1) is 12.0. The lowest BCUT2D eigenvalue weighted by molar-refractivity contribution is 0.359. The van der Waals surface area contributed by atoms with E-state index in [0.29, 0.717) is 6.04 Å². The molecule has 18 heavy (non-hydrogen) atoms. The van der Waals surface area contributed by atoms with Gasteiger partial charge in [0.25, 0.3) is 0 Å². The van der Waals surface area contributed by atoms with Crippen LogP contribution in [-0.4, -0.2) is 17.6 Å². The Labute approximate surface area is 109 Å².